The molecular formula is C57H58ClF2N9O3S. The predicted octanol–water partition coefficient (Wildman–Crippen LogP) is 12.1. The largest absolute Gasteiger partial charge is 0.464 e. The second-order valence-electron chi connectivity index (χ2n) is 19.1. The molecule has 2 saturated heterocycles. The molecule has 376 valence electrons. The zero-order valence-electron chi connectivity index (χ0n) is 41.2. The standard InChI is InChI=1S/C57H58ClF2N9O3S/c1-5-65(6-2)51(34-15-11-9-12-16-34)55(70)67-32-39(59)28-46(67)53-61-30-42(63-53)36-20-22-44-38(25-36)26-45-41-21-19-37(27-48(41)72-57(69(44)45)49-23-24-50(58)73-49)43-31-62-54(64-43)47-29-40(60)33-68(47)56(71)52(66(7-3)8-4)35-17-13-10-14-18-35/h9-27,30-31,39-40,46-47,51-52,57H,5-8,28-29,32-33H2,1-4H3,(H,61,63)(H,62,64)/t39-,40-,46+,47+,51-,52-,57?/m1/s1. The highest BCUT2D eigenvalue weighted by molar-refractivity contribution is 7.16. The van der Waals surface area contributed by atoms with E-state index >= 15 is 8.78 Å². The quantitative estimate of drug-likeness (QED) is 0.105. The Hall–Kier alpha value is -6.65. The molecule has 0 bridgehead atoms. The molecule has 8 aromatic rings. The van der Waals surface area contributed by atoms with Crippen LogP contribution in [0.15, 0.2) is 128 Å². The Morgan fingerprint density at radius 2 is 1.22 bits per heavy atom. The van der Waals surface area contributed by atoms with Crippen LogP contribution in [0, 0.1) is 0 Å². The van der Waals surface area contributed by atoms with Crippen LogP contribution in [0.5, 0.6) is 5.75 Å². The van der Waals surface area contributed by atoms with Gasteiger partial charge in [0, 0.05) is 34.9 Å². The van der Waals surface area contributed by atoms with E-state index in [1.807, 2.05) is 125 Å². The number of likely N-dealkylation sites (tertiary alicyclic amines) is 2. The first kappa shape index (κ1) is 48.6. The van der Waals surface area contributed by atoms with Gasteiger partial charge in [0.05, 0.1) is 69.4 Å². The minimum absolute atomic E-state index is 0.00106. The molecule has 2 fully saturated rings. The van der Waals surface area contributed by atoms with Crippen LogP contribution in [0.2, 0.25) is 4.34 Å². The first-order chi connectivity index (χ1) is 35.5. The maximum atomic E-state index is 15.4. The van der Waals surface area contributed by atoms with Crippen LogP contribution < -0.4 is 4.74 Å². The highest BCUT2D eigenvalue weighted by Crippen LogP contribution is 2.48. The third kappa shape index (κ3) is 9.04. The summed E-state index contributed by atoms with van der Waals surface area (Å²) in [5.41, 5.74) is 7.75. The Morgan fingerprint density at radius 3 is 1.73 bits per heavy atom. The Morgan fingerprint density at radius 1 is 0.699 bits per heavy atom. The third-order valence-corrected chi connectivity index (χ3v) is 16.2. The Kier molecular flexibility index (Phi) is 13.5. The number of hydrogen-bond donors (Lipinski definition) is 2. The van der Waals surface area contributed by atoms with Gasteiger partial charge in [-0.15, -0.1) is 11.3 Å². The van der Waals surface area contributed by atoms with Crippen LogP contribution in [0.3, 0.4) is 0 Å². The number of rotatable bonds is 15. The summed E-state index contributed by atoms with van der Waals surface area (Å²) in [4.78, 5) is 53.9. The summed E-state index contributed by atoms with van der Waals surface area (Å²) >= 11 is 8.02. The van der Waals surface area contributed by atoms with Crippen LogP contribution in [-0.2, 0) is 9.59 Å². The molecular weight excluding hydrogens is 964 g/mol. The normalized spacial score (nSPS) is 20.4. The van der Waals surface area contributed by atoms with Gasteiger partial charge in [-0.2, -0.15) is 0 Å². The third-order valence-electron chi connectivity index (χ3n) is 15.0. The molecule has 0 saturated carbocycles. The van der Waals surface area contributed by atoms with E-state index < -0.39 is 42.7 Å². The van der Waals surface area contributed by atoms with E-state index in [0.717, 1.165) is 60.7 Å². The number of nitrogens with zero attached hydrogens (tertiary/aromatic N) is 7. The van der Waals surface area contributed by atoms with Crippen LogP contribution >= 0.6 is 22.9 Å². The van der Waals surface area contributed by atoms with E-state index in [9.17, 15) is 9.59 Å². The summed E-state index contributed by atoms with van der Waals surface area (Å²) in [6.07, 6.45) is 0.929. The van der Waals surface area contributed by atoms with Crippen molar-refractivity contribution in [2.24, 2.45) is 0 Å². The number of nitrogens with one attached hydrogen (secondary N) is 2. The lowest BCUT2D eigenvalue weighted by molar-refractivity contribution is -0.139. The SMILES string of the molecule is CCN(CC)[C@@H](C(=O)N1C[C@H](F)C[C@H]1c1ncc(-c2ccc3c(c2)OC(c2ccc(Cl)s2)n2c-3cc3cc(-c4cnc([C@@H]5C[C@@H](F)CN5C(=O)[C@@H](c5ccccc5)N(CC)CC)[nH]4)ccc32)[nH]1)c1ccccc1. The molecule has 0 aliphatic carbocycles. The summed E-state index contributed by atoms with van der Waals surface area (Å²) < 4.78 is 40.6. The van der Waals surface area contributed by atoms with Gasteiger partial charge in [0.25, 0.3) is 0 Å². The molecule has 2 amide bonds. The van der Waals surface area contributed by atoms with Gasteiger partial charge in [-0.3, -0.25) is 24.0 Å². The van der Waals surface area contributed by atoms with Crippen molar-refractivity contribution in [3.63, 3.8) is 0 Å². The summed E-state index contributed by atoms with van der Waals surface area (Å²) in [6, 6.07) is 35.6. The zero-order chi connectivity index (χ0) is 50.5. The number of ether oxygens (including phenoxy) is 1. The average molecular weight is 1020 g/mol. The minimum Gasteiger partial charge on any atom is -0.464 e. The van der Waals surface area contributed by atoms with Crippen LogP contribution in [-0.4, -0.2) is 108 Å². The molecule has 16 heteroatoms. The Bertz CT molecular complexity index is 3260. The van der Waals surface area contributed by atoms with Crippen molar-refractivity contribution in [3.8, 4) is 39.5 Å². The summed E-state index contributed by atoms with van der Waals surface area (Å²) in [5.74, 6) is 1.48. The monoisotopic (exact) mass is 1020 g/mol. The molecule has 4 aromatic carbocycles. The number of carbonyl (C=O) groups is 2. The molecule has 2 N–H and O–H groups in total. The molecule has 0 spiro atoms. The Labute approximate surface area is 432 Å². The van der Waals surface area contributed by atoms with Crippen molar-refractivity contribution in [2.75, 3.05) is 39.3 Å². The van der Waals surface area contributed by atoms with E-state index in [1.165, 1.54) is 11.3 Å². The van der Waals surface area contributed by atoms with Crippen LogP contribution in [0.25, 0.3) is 44.7 Å². The van der Waals surface area contributed by atoms with Gasteiger partial charge in [-0.1, -0.05) is 112 Å². The van der Waals surface area contributed by atoms with Gasteiger partial charge in [0.1, 0.15) is 41.8 Å². The number of thiophene rings is 1. The predicted molar refractivity (Wildman–Crippen MR) is 283 cm³/mol. The first-order valence-electron chi connectivity index (χ1n) is 25.3. The topological polar surface area (TPSA) is 119 Å². The molecule has 1 unspecified atom stereocenters. The van der Waals surface area contributed by atoms with Gasteiger partial charge >= 0.3 is 0 Å². The highest BCUT2D eigenvalue weighted by atomic mass is 35.5. The second-order valence-corrected chi connectivity index (χ2v) is 20.9. The van der Waals surface area contributed by atoms with Gasteiger partial charge in [0.2, 0.25) is 18.0 Å². The number of fused-ring (bicyclic) bond motifs is 5. The number of hydrogen-bond acceptors (Lipinski definition) is 8. The molecule has 73 heavy (non-hydrogen) atoms. The van der Waals surface area contributed by atoms with Gasteiger partial charge in [-0.05, 0) is 79.8 Å². The lowest BCUT2D eigenvalue weighted by atomic mass is 10.0. The van der Waals surface area contributed by atoms with E-state index in [-0.39, 0.29) is 37.7 Å². The summed E-state index contributed by atoms with van der Waals surface area (Å²) in [5, 5.41) is 0.971. The fourth-order valence-electron chi connectivity index (χ4n) is 11.3. The number of aromatic nitrogens is 5. The molecule has 0 radical (unpaired) electrons. The molecule has 11 rings (SSSR count). The number of benzene rings is 4. The molecule has 12 nitrogen and oxygen atoms in total. The first-order valence-corrected chi connectivity index (χ1v) is 26.5. The number of H-pyrrole nitrogens is 2. The van der Waals surface area contributed by atoms with E-state index in [4.69, 9.17) is 26.3 Å². The summed E-state index contributed by atoms with van der Waals surface area (Å²) in [6.45, 7) is 10.8. The second kappa shape index (κ2) is 20.3. The fourth-order valence-corrected chi connectivity index (χ4v) is 12.4. The number of aromatic amines is 2. The van der Waals surface area contributed by atoms with Crippen LogP contribution in [0.1, 0.15) is 98.6 Å². The maximum Gasteiger partial charge on any atom is 0.245 e. The van der Waals surface area contributed by atoms with Gasteiger partial charge in [-0.25, -0.2) is 18.7 Å². The number of halogens is 3. The van der Waals surface area contributed by atoms with Crippen molar-refractivity contribution in [3.05, 3.63) is 160 Å². The van der Waals surface area contributed by atoms with Crippen molar-refractivity contribution in [2.45, 2.75) is 83.3 Å². The molecule has 3 aliphatic rings. The Balaban J connectivity index is 0.890. The highest BCUT2D eigenvalue weighted by Gasteiger charge is 2.44. The zero-order valence-corrected chi connectivity index (χ0v) is 42.8. The minimum atomic E-state index is -1.18. The van der Waals surface area contributed by atoms with Crippen molar-refractivity contribution < 1.29 is 23.1 Å². The van der Waals surface area contributed by atoms with E-state index in [1.54, 1.807) is 22.2 Å². The van der Waals surface area contributed by atoms with Gasteiger partial charge in [0.15, 0.2) is 0 Å². The van der Waals surface area contributed by atoms with E-state index in [2.05, 4.69) is 42.5 Å². The number of alkyl halides is 2. The maximum absolute atomic E-state index is 15.4. The number of likely N-dealkylation sites (N-methyl/N-ethyl adjacent to an activating group) is 2. The van der Waals surface area contributed by atoms with E-state index in [0.29, 0.717) is 47.9 Å². The van der Waals surface area contributed by atoms with Crippen molar-refractivity contribution in [1.29, 1.82) is 0 Å². The summed E-state index contributed by atoms with van der Waals surface area (Å²) in [7, 11) is 0. The fraction of sp³-hybridized carbons (Fsp3) is 0.333. The molecule has 3 aliphatic heterocycles. The molecule has 7 atom stereocenters. The van der Waals surface area contributed by atoms with Crippen molar-refractivity contribution in [1.82, 2.24) is 44.1 Å². The molecule has 7 heterocycles. The van der Waals surface area contributed by atoms with Crippen LogP contribution in [0.4, 0.5) is 8.78 Å². The number of carbonyl (C=O) groups excluding carboxylic acids is 2. The number of amides is 2. The average Bonchev–Trinajstić information content (AvgIpc) is 4.30. The lowest BCUT2D eigenvalue weighted by Crippen LogP contribution is -2.43. The number of imidazole rings is 2. The van der Waals surface area contributed by atoms with Gasteiger partial charge < -0.3 is 24.5 Å². The van der Waals surface area contributed by atoms with Crippen molar-refractivity contribution >= 4 is 45.7 Å². The molecule has 4 aromatic heterocycles. The smallest absolute Gasteiger partial charge is 0.245 e. The lowest BCUT2D eigenvalue weighted by Gasteiger charge is -2.34.